The summed E-state index contributed by atoms with van der Waals surface area (Å²) in [6.07, 6.45) is 2.82. The molecule has 0 spiro atoms. The van der Waals surface area contributed by atoms with Crippen molar-refractivity contribution in [3.8, 4) is 0 Å². The number of nitrogens with one attached hydrogen (secondary N) is 2. The number of rotatable bonds is 8. The first-order chi connectivity index (χ1) is 8.63. The fourth-order valence-electron chi connectivity index (χ4n) is 1.27. The molecule has 1 aromatic heterocycles. The minimum Gasteiger partial charge on any atom is -0.380 e. The third-order valence-corrected chi connectivity index (χ3v) is 2.93. The van der Waals surface area contributed by atoms with Crippen LogP contribution >= 0.6 is 15.9 Å². The second-order valence-electron chi connectivity index (χ2n) is 4.36. The average molecular weight is 317 g/mol. The molecule has 0 saturated carbocycles. The normalized spacial score (nSPS) is 10.7. The summed E-state index contributed by atoms with van der Waals surface area (Å²) in [7, 11) is 1.79. The van der Waals surface area contributed by atoms with Crippen LogP contribution in [0.15, 0.2) is 10.7 Å². The van der Waals surface area contributed by atoms with Gasteiger partial charge in [-0.05, 0) is 28.3 Å². The second-order valence-corrected chi connectivity index (χ2v) is 5.22. The lowest BCUT2D eigenvalue weighted by molar-refractivity contribution is 0.132. The monoisotopic (exact) mass is 316 g/mol. The zero-order valence-electron chi connectivity index (χ0n) is 11.2. The highest BCUT2D eigenvalue weighted by molar-refractivity contribution is 9.10. The van der Waals surface area contributed by atoms with E-state index in [4.69, 9.17) is 4.74 Å². The third kappa shape index (κ3) is 5.64. The van der Waals surface area contributed by atoms with Gasteiger partial charge in [-0.2, -0.15) is 4.98 Å². The Morgan fingerprint density at radius 3 is 2.83 bits per heavy atom. The lowest BCUT2D eigenvalue weighted by Gasteiger charge is -2.10. The molecule has 0 atom stereocenters. The Bertz CT molecular complexity index is 360. The molecule has 1 rings (SSSR count). The first-order valence-corrected chi connectivity index (χ1v) is 6.94. The maximum absolute atomic E-state index is 5.53. The molecule has 0 radical (unpaired) electrons. The van der Waals surface area contributed by atoms with Crippen molar-refractivity contribution >= 4 is 27.7 Å². The fourth-order valence-corrected chi connectivity index (χ4v) is 1.61. The van der Waals surface area contributed by atoms with Crippen molar-refractivity contribution in [3.05, 3.63) is 10.7 Å². The lowest BCUT2D eigenvalue weighted by atomic mass is 10.1. The quantitative estimate of drug-likeness (QED) is 0.722. The van der Waals surface area contributed by atoms with Crippen LogP contribution in [0.5, 0.6) is 0 Å². The van der Waals surface area contributed by atoms with Gasteiger partial charge in [-0.25, -0.2) is 4.98 Å². The molecule has 6 heteroatoms. The third-order valence-electron chi connectivity index (χ3n) is 2.35. The largest absolute Gasteiger partial charge is 0.380 e. The number of halogens is 1. The molecule has 0 fully saturated rings. The molecule has 5 nitrogen and oxygen atoms in total. The summed E-state index contributed by atoms with van der Waals surface area (Å²) in [5.74, 6) is 2.07. The molecule has 0 aliphatic carbocycles. The van der Waals surface area contributed by atoms with Gasteiger partial charge < -0.3 is 15.4 Å². The van der Waals surface area contributed by atoms with Gasteiger partial charge in [-0.3, -0.25) is 0 Å². The van der Waals surface area contributed by atoms with Crippen molar-refractivity contribution in [2.45, 2.75) is 20.3 Å². The van der Waals surface area contributed by atoms with Crippen molar-refractivity contribution < 1.29 is 4.74 Å². The molecular weight excluding hydrogens is 296 g/mol. The SMILES string of the molecule is CNc1ncc(Br)c(NCCOCCC(C)C)n1. The molecule has 2 N–H and O–H groups in total. The minimum absolute atomic E-state index is 0.599. The summed E-state index contributed by atoms with van der Waals surface area (Å²) in [6, 6.07) is 0. The van der Waals surface area contributed by atoms with Crippen LogP contribution in [0.3, 0.4) is 0 Å². The van der Waals surface area contributed by atoms with Crippen molar-refractivity contribution in [3.63, 3.8) is 0 Å². The van der Waals surface area contributed by atoms with E-state index in [-0.39, 0.29) is 0 Å². The molecule has 0 bridgehead atoms. The molecule has 0 aliphatic heterocycles. The number of hydrogen-bond acceptors (Lipinski definition) is 5. The molecule has 0 unspecified atom stereocenters. The molecule has 0 aromatic carbocycles. The summed E-state index contributed by atoms with van der Waals surface area (Å²) in [6.45, 7) is 6.61. The van der Waals surface area contributed by atoms with Gasteiger partial charge in [0.1, 0.15) is 5.82 Å². The molecule has 1 heterocycles. The Kier molecular flexibility index (Phi) is 6.97. The summed E-state index contributed by atoms with van der Waals surface area (Å²) < 4.78 is 6.38. The van der Waals surface area contributed by atoms with Gasteiger partial charge in [0.15, 0.2) is 0 Å². The molecule has 1 aromatic rings. The first-order valence-electron chi connectivity index (χ1n) is 6.15. The Balaban J connectivity index is 2.26. The summed E-state index contributed by atoms with van der Waals surface area (Å²) in [5, 5.41) is 6.12. The van der Waals surface area contributed by atoms with E-state index < -0.39 is 0 Å². The van der Waals surface area contributed by atoms with Gasteiger partial charge >= 0.3 is 0 Å². The van der Waals surface area contributed by atoms with Gasteiger partial charge in [0.05, 0.1) is 11.1 Å². The Hall–Kier alpha value is -0.880. The van der Waals surface area contributed by atoms with Gasteiger partial charge in [0, 0.05) is 26.4 Å². The summed E-state index contributed by atoms with van der Waals surface area (Å²) >= 11 is 3.41. The number of anilines is 2. The van der Waals surface area contributed by atoms with E-state index in [1.165, 1.54) is 0 Å². The number of nitrogens with zero attached hydrogens (tertiary/aromatic N) is 2. The van der Waals surface area contributed by atoms with E-state index in [0.29, 0.717) is 18.5 Å². The van der Waals surface area contributed by atoms with Crippen LogP contribution in [0.25, 0.3) is 0 Å². The lowest BCUT2D eigenvalue weighted by Crippen LogP contribution is -2.12. The number of ether oxygens (including phenoxy) is 1. The Morgan fingerprint density at radius 2 is 2.17 bits per heavy atom. The van der Waals surface area contributed by atoms with Crippen molar-refractivity contribution in [1.82, 2.24) is 9.97 Å². The van der Waals surface area contributed by atoms with Crippen LogP contribution in [-0.2, 0) is 4.74 Å². The van der Waals surface area contributed by atoms with Gasteiger partial charge in [-0.1, -0.05) is 13.8 Å². The zero-order valence-corrected chi connectivity index (χ0v) is 12.7. The molecule has 0 saturated heterocycles. The zero-order chi connectivity index (χ0) is 13.4. The van der Waals surface area contributed by atoms with Crippen molar-refractivity contribution in [2.24, 2.45) is 5.92 Å². The first kappa shape index (κ1) is 15.2. The fraction of sp³-hybridized carbons (Fsp3) is 0.667. The highest BCUT2D eigenvalue weighted by Gasteiger charge is 2.03. The minimum atomic E-state index is 0.599. The van der Waals surface area contributed by atoms with E-state index in [1.807, 2.05) is 0 Å². The Morgan fingerprint density at radius 1 is 1.39 bits per heavy atom. The highest BCUT2D eigenvalue weighted by atomic mass is 79.9. The highest BCUT2D eigenvalue weighted by Crippen LogP contribution is 2.19. The summed E-state index contributed by atoms with van der Waals surface area (Å²) in [4.78, 5) is 8.40. The van der Waals surface area contributed by atoms with Crippen LogP contribution in [-0.4, -0.2) is 36.8 Å². The average Bonchev–Trinajstić information content (AvgIpc) is 2.35. The summed E-state index contributed by atoms with van der Waals surface area (Å²) in [5.41, 5.74) is 0. The molecule has 0 amide bonds. The molecule has 102 valence electrons. The van der Waals surface area contributed by atoms with Gasteiger partial charge in [0.25, 0.3) is 0 Å². The molecule has 18 heavy (non-hydrogen) atoms. The van der Waals surface area contributed by atoms with Crippen molar-refractivity contribution in [2.75, 3.05) is 37.4 Å². The predicted molar refractivity (Wildman–Crippen MR) is 78.0 cm³/mol. The molecule has 0 aliphatic rings. The Labute approximate surface area is 117 Å². The number of hydrogen-bond donors (Lipinski definition) is 2. The maximum Gasteiger partial charge on any atom is 0.224 e. The van der Waals surface area contributed by atoms with Crippen LogP contribution in [0.1, 0.15) is 20.3 Å². The van der Waals surface area contributed by atoms with Gasteiger partial charge in [-0.15, -0.1) is 0 Å². The second kappa shape index (κ2) is 8.26. The predicted octanol–water partition coefficient (Wildman–Crippen LogP) is 2.76. The van der Waals surface area contributed by atoms with E-state index >= 15 is 0 Å². The van der Waals surface area contributed by atoms with Gasteiger partial charge in [0.2, 0.25) is 5.95 Å². The topological polar surface area (TPSA) is 59.1 Å². The van der Waals surface area contributed by atoms with Crippen LogP contribution < -0.4 is 10.6 Å². The van der Waals surface area contributed by atoms with Crippen molar-refractivity contribution in [1.29, 1.82) is 0 Å². The van der Waals surface area contributed by atoms with E-state index in [0.717, 1.165) is 29.9 Å². The smallest absolute Gasteiger partial charge is 0.224 e. The number of aromatic nitrogens is 2. The van der Waals surface area contributed by atoms with E-state index in [9.17, 15) is 0 Å². The van der Waals surface area contributed by atoms with Crippen LogP contribution in [0.2, 0.25) is 0 Å². The standard InChI is InChI=1S/C12H21BrN4O/c1-9(2)4-6-18-7-5-15-11-10(13)8-16-12(14-3)17-11/h8-9H,4-7H2,1-3H3,(H2,14,15,16,17). The van der Waals surface area contributed by atoms with E-state index in [2.05, 4.69) is 50.4 Å². The van der Waals surface area contributed by atoms with Crippen LogP contribution in [0.4, 0.5) is 11.8 Å². The molecular formula is C12H21BrN4O. The van der Waals surface area contributed by atoms with E-state index in [1.54, 1.807) is 13.2 Å². The van der Waals surface area contributed by atoms with Crippen LogP contribution in [0, 0.1) is 5.92 Å². The maximum atomic E-state index is 5.53.